The van der Waals surface area contributed by atoms with Gasteiger partial charge >= 0.3 is 5.97 Å². The number of ether oxygens (including phenoxy) is 1. The molecule has 2 rings (SSSR count). The molecular formula is C13H10ClNO5S. The predicted molar refractivity (Wildman–Crippen MR) is 75.8 cm³/mol. The highest BCUT2D eigenvalue weighted by atomic mass is 35.5. The molecule has 0 amide bonds. The monoisotopic (exact) mass is 327 g/mol. The van der Waals surface area contributed by atoms with Crippen molar-refractivity contribution in [1.29, 1.82) is 0 Å². The van der Waals surface area contributed by atoms with Crippen LogP contribution in [-0.4, -0.2) is 30.7 Å². The molecule has 0 saturated carbocycles. The molecule has 1 heterocycles. The molecule has 1 N–H and O–H groups in total. The molecule has 1 aromatic heterocycles. The summed E-state index contributed by atoms with van der Waals surface area (Å²) in [7, 11) is -3.37. The zero-order chi connectivity index (χ0) is 15.6. The van der Waals surface area contributed by atoms with Gasteiger partial charge in [0.25, 0.3) is 0 Å². The lowest BCUT2D eigenvalue weighted by Gasteiger charge is -2.07. The van der Waals surface area contributed by atoms with Crippen LogP contribution in [0.15, 0.2) is 41.3 Å². The van der Waals surface area contributed by atoms with Crippen LogP contribution in [0.4, 0.5) is 0 Å². The largest absolute Gasteiger partial charge is 0.478 e. The smallest absolute Gasteiger partial charge is 0.335 e. The van der Waals surface area contributed by atoms with E-state index in [1.165, 1.54) is 36.4 Å². The first-order valence-electron chi connectivity index (χ1n) is 5.64. The summed E-state index contributed by atoms with van der Waals surface area (Å²) in [5.74, 6) is -0.997. The van der Waals surface area contributed by atoms with E-state index < -0.39 is 15.8 Å². The Bertz CT molecular complexity index is 804. The molecule has 6 nitrogen and oxygen atoms in total. The van der Waals surface area contributed by atoms with Gasteiger partial charge in [-0.15, -0.1) is 0 Å². The van der Waals surface area contributed by atoms with Gasteiger partial charge in [-0.3, -0.25) is 0 Å². The maximum atomic E-state index is 11.5. The number of carboxylic acids is 1. The van der Waals surface area contributed by atoms with Crippen molar-refractivity contribution in [2.45, 2.75) is 4.90 Å². The number of carboxylic acid groups (broad SMARTS) is 1. The highest BCUT2D eigenvalue weighted by molar-refractivity contribution is 7.90. The molecule has 8 heteroatoms. The second-order valence-electron chi connectivity index (χ2n) is 4.17. The molecule has 0 unspecified atom stereocenters. The first-order chi connectivity index (χ1) is 9.75. The topological polar surface area (TPSA) is 93.6 Å². The van der Waals surface area contributed by atoms with E-state index in [1.807, 2.05) is 0 Å². The van der Waals surface area contributed by atoms with Gasteiger partial charge in [-0.25, -0.2) is 18.2 Å². The lowest BCUT2D eigenvalue weighted by Crippen LogP contribution is -2.00. The van der Waals surface area contributed by atoms with Gasteiger partial charge in [0.2, 0.25) is 5.88 Å². The summed E-state index contributed by atoms with van der Waals surface area (Å²) in [6.07, 6.45) is 1.08. The Balaban J connectivity index is 2.37. The predicted octanol–water partition coefficient (Wildman–Crippen LogP) is 2.63. The van der Waals surface area contributed by atoms with Crippen molar-refractivity contribution in [2.75, 3.05) is 6.26 Å². The van der Waals surface area contributed by atoms with Crippen LogP contribution in [0.1, 0.15) is 10.4 Å². The quantitative estimate of drug-likeness (QED) is 0.867. The number of benzene rings is 1. The minimum absolute atomic E-state index is 0.0365. The minimum Gasteiger partial charge on any atom is -0.478 e. The number of carbonyl (C=O) groups is 1. The normalized spacial score (nSPS) is 11.1. The lowest BCUT2D eigenvalue weighted by molar-refractivity contribution is 0.0696. The van der Waals surface area contributed by atoms with Crippen molar-refractivity contribution in [3.8, 4) is 11.6 Å². The number of rotatable bonds is 4. The summed E-state index contributed by atoms with van der Waals surface area (Å²) in [4.78, 5) is 14.8. The molecule has 2 aromatic rings. The van der Waals surface area contributed by atoms with Crippen molar-refractivity contribution in [1.82, 2.24) is 4.98 Å². The van der Waals surface area contributed by atoms with Crippen molar-refractivity contribution in [2.24, 2.45) is 0 Å². The van der Waals surface area contributed by atoms with E-state index in [9.17, 15) is 13.2 Å². The Morgan fingerprint density at radius 1 is 1.29 bits per heavy atom. The fourth-order valence-electron chi connectivity index (χ4n) is 1.54. The second kappa shape index (κ2) is 5.71. The number of aromatic carboxylic acids is 1. The molecule has 0 aliphatic rings. The van der Waals surface area contributed by atoms with Crippen LogP contribution in [0.2, 0.25) is 5.15 Å². The van der Waals surface area contributed by atoms with Crippen LogP contribution < -0.4 is 4.74 Å². The third kappa shape index (κ3) is 3.93. The first-order valence-corrected chi connectivity index (χ1v) is 7.91. The zero-order valence-corrected chi connectivity index (χ0v) is 12.4. The summed E-state index contributed by atoms with van der Waals surface area (Å²) in [5.41, 5.74) is -0.0794. The molecule has 0 fully saturated rings. The molecule has 0 aliphatic heterocycles. The third-order valence-corrected chi connectivity index (χ3v) is 3.78. The summed E-state index contributed by atoms with van der Waals surface area (Å²) < 4.78 is 28.3. The Morgan fingerprint density at radius 3 is 2.62 bits per heavy atom. The highest BCUT2D eigenvalue weighted by Crippen LogP contribution is 2.25. The summed E-state index contributed by atoms with van der Waals surface area (Å²) in [5, 5.41) is 8.89. The van der Waals surface area contributed by atoms with Crippen molar-refractivity contribution in [3.05, 3.63) is 47.1 Å². The molecule has 21 heavy (non-hydrogen) atoms. The molecule has 1 aromatic carbocycles. The van der Waals surface area contributed by atoms with Crippen LogP contribution in [0, 0.1) is 0 Å². The van der Waals surface area contributed by atoms with Gasteiger partial charge in [0.1, 0.15) is 10.9 Å². The number of sulfone groups is 1. The number of hydrogen-bond donors (Lipinski definition) is 1. The second-order valence-corrected chi connectivity index (χ2v) is 6.57. The van der Waals surface area contributed by atoms with E-state index in [1.54, 1.807) is 0 Å². The molecule has 0 saturated heterocycles. The van der Waals surface area contributed by atoms with E-state index in [4.69, 9.17) is 21.4 Å². The SMILES string of the molecule is CS(=O)(=O)c1cccc(Oc2cc(C(=O)O)cc(Cl)n2)c1. The standard InChI is InChI=1S/C13H10ClNO5S/c1-21(18,19)10-4-2-3-9(7-10)20-12-6-8(13(16)17)5-11(14)15-12/h2-7H,1H3,(H,16,17). The lowest BCUT2D eigenvalue weighted by atomic mass is 10.3. The zero-order valence-electron chi connectivity index (χ0n) is 10.8. The number of nitrogens with zero attached hydrogens (tertiary/aromatic N) is 1. The van der Waals surface area contributed by atoms with Crippen LogP contribution in [0.5, 0.6) is 11.6 Å². The van der Waals surface area contributed by atoms with Gasteiger partial charge in [-0.05, 0) is 24.3 Å². The van der Waals surface area contributed by atoms with Crippen molar-refractivity contribution in [3.63, 3.8) is 0 Å². The van der Waals surface area contributed by atoms with Crippen LogP contribution in [-0.2, 0) is 9.84 Å². The van der Waals surface area contributed by atoms with E-state index in [2.05, 4.69) is 4.98 Å². The Kier molecular flexibility index (Phi) is 4.15. The molecule has 0 spiro atoms. The van der Waals surface area contributed by atoms with E-state index in [-0.39, 0.29) is 27.2 Å². The Morgan fingerprint density at radius 2 is 2.00 bits per heavy atom. The summed E-state index contributed by atoms with van der Waals surface area (Å²) >= 11 is 5.71. The van der Waals surface area contributed by atoms with Crippen molar-refractivity contribution < 1.29 is 23.1 Å². The average Bonchev–Trinajstić information content (AvgIpc) is 2.37. The maximum absolute atomic E-state index is 11.5. The number of halogens is 1. The minimum atomic E-state index is -3.37. The van der Waals surface area contributed by atoms with Gasteiger partial charge in [0.15, 0.2) is 9.84 Å². The molecule has 0 bridgehead atoms. The summed E-state index contributed by atoms with van der Waals surface area (Å²) in [6.45, 7) is 0. The van der Waals surface area contributed by atoms with Gasteiger partial charge in [-0.1, -0.05) is 17.7 Å². The first kappa shape index (κ1) is 15.3. The van der Waals surface area contributed by atoms with E-state index in [0.29, 0.717) is 0 Å². The van der Waals surface area contributed by atoms with Crippen molar-refractivity contribution >= 4 is 27.4 Å². The molecule has 0 aliphatic carbocycles. The summed E-state index contributed by atoms with van der Waals surface area (Å²) in [6, 6.07) is 8.16. The van der Waals surface area contributed by atoms with Gasteiger partial charge in [0.05, 0.1) is 10.5 Å². The Labute approximate surface area is 125 Å². The van der Waals surface area contributed by atoms with Crippen LogP contribution in [0.25, 0.3) is 0 Å². The van der Waals surface area contributed by atoms with E-state index >= 15 is 0 Å². The maximum Gasteiger partial charge on any atom is 0.335 e. The number of hydrogen-bond acceptors (Lipinski definition) is 5. The van der Waals surface area contributed by atoms with Gasteiger partial charge in [-0.2, -0.15) is 0 Å². The highest BCUT2D eigenvalue weighted by Gasteiger charge is 2.11. The van der Waals surface area contributed by atoms with Crippen LogP contribution in [0.3, 0.4) is 0 Å². The Hall–Kier alpha value is -2.12. The molecule has 0 atom stereocenters. The molecule has 110 valence electrons. The fraction of sp³-hybridized carbons (Fsp3) is 0.0769. The molecular weight excluding hydrogens is 318 g/mol. The number of aromatic nitrogens is 1. The van der Waals surface area contributed by atoms with Crippen LogP contribution >= 0.6 is 11.6 Å². The van der Waals surface area contributed by atoms with Gasteiger partial charge < -0.3 is 9.84 Å². The molecule has 0 radical (unpaired) electrons. The number of pyridine rings is 1. The average molecular weight is 328 g/mol. The van der Waals surface area contributed by atoms with E-state index in [0.717, 1.165) is 6.26 Å². The van der Waals surface area contributed by atoms with Gasteiger partial charge in [0, 0.05) is 12.3 Å². The third-order valence-electron chi connectivity index (χ3n) is 2.47. The fourth-order valence-corrected chi connectivity index (χ4v) is 2.39.